The number of nitrogens with zero attached hydrogens (tertiary/aromatic N) is 1. The Labute approximate surface area is 140 Å². The Morgan fingerprint density at radius 1 is 1.17 bits per heavy atom. The molecule has 0 aromatic heterocycles. The average molecular weight is 326 g/mol. The summed E-state index contributed by atoms with van der Waals surface area (Å²) in [6.07, 6.45) is 0.252. The molecule has 0 saturated carbocycles. The normalized spacial score (nSPS) is 12.8. The first-order valence-electron chi connectivity index (χ1n) is 7.52. The maximum atomic E-state index is 12.0. The fourth-order valence-electron chi connectivity index (χ4n) is 2.30. The zero-order valence-corrected chi connectivity index (χ0v) is 13.5. The highest BCUT2D eigenvalue weighted by Crippen LogP contribution is 2.32. The van der Waals surface area contributed by atoms with Crippen molar-refractivity contribution in [3.05, 3.63) is 53.6 Å². The third-order valence-corrected chi connectivity index (χ3v) is 3.66. The van der Waals surface area contributed by atoms with Gasteiger partial charge in [-0.2, -0.15) is 5.10 Å². The smallest absolute Gasteiger partial charge is 0.244 e. The molecule has 0 aliphatic carbocycles. The number of fused-ring (bicyclic) bond motifs is 1. The topological polar surface area (TPSA) is 69.2 Å². The molecule has 0 saturated heterocycles. The van der Waals surface area contributed by atoms with E-state index in [-0.39, 0.29) is 19.1 Å². The molecule has 124 valence electrons. The first-order chi connectivity index (χ1) is 11.7. The maximum absolute atomic E-state index is 12.0. The van der Waals surface area contributed by atoms with Gasteiger partial charge in [0.1, 0.15) is 5.75 Å². The Balaban J connectivity index is 1.60. The van der Waals surface area contributed by atoms with Crippen LogP contribution in [0.15, 0.2) is 47.6 Å². The van der Waals surface area contributed by atoms with E-state index in [0.717, 1.165) is 22.6 Å². The molecule has 6 nitrogen and oxygen atoms in total. The third-order valence-electron chi connectivity index (χ3n) is 3.66. The van der Waals surface area contributed by atoms with Gasteiger partial charge >= 0.3 is 0 Å². The number of methoxy groups -OCH3 is 1. The Morgan fingerprint density at radius 3 is 2.67 bits per heavy atom. The lowest BCUT2D eigenvalue weighted by Gasteiger charge is -2.05. The van der Waals surface area contributed by atoms with Gasteiger partial charge in [-0.15, -0.1) is 0 Å². The van der Waals surface area contributed by atoms with Crippen LogP contribution in [0.2, 0.25) is 0 Å². The molecule has 2 aromatic rings. The number of carbonyl (C=O) groups excluding carboxylic acids is 1. The summed E-state index contributed by atoms with van der Waals surface area (Å²) in [5.74, 6) is 1.98. The quantitative estimate of drug-likeness (QED) is 0.677. The van der Waals surface area contributed by atoms with Crippen LogP contribution in [0.5, 0.6) is 17.2 Å². The molecule has 0 bridgehead atoms. The molecule has 0 atom stereocenters. The molecular weight excluding hydrogens is 308 g/mol. The second kappa shape index (κ2) is 7.04. The number of hydrogen-bond acceptors (Lipinski definition) is 5. The van der Waals surface area contributed by atoms with E-state index < -0.39 is 0 Å². The number of carbonyl (C=O) groups is 1. The van der Waals surface area contributed by atoms with Gasteiger partial charge in [-0.05, 0) is 42.8 Å². The van der Waals surface area contributed by atoms with Crippen molar-refractivity contribution >= 4 is 11.6 Å². The number of benzene rings is 2. The van der Waals surface area contributed by atoms with Crippen molar-refractivity contribution in [2.45, 2.75) is 13.3 Å². The molecule has 1 N–H and O–H groups in total. The molecule has 0 spiro atoms. The standard InChI is InChI=1S/C18H18N2O4/c1-12(14-5-8-16-17(10-14)24-11-23-16)19-20-18(21)9-13-3-6-15(22-2)7-4-13/h3-8,10H,9,11H2,1-2H3,(H,20,21)/b19-12+. The summed E-state index contributed by atoms with van der Waals surface area (Å²) < 4.78 is 15.7. The molecule has 6 heteroatoms. The lowest BCUT2D eigenvalue weighted by Crippen LogP contribution is -2.21. The van der Waals surface area contributed by atoms with Gasteiger partial charge in [0.25, 0.3) is 0 Å². The van der Waals surface area contributed by atoms with E-state index >= 15 is 0 Å². The van der Waals surface area contributed by atoms with Crippen molar-refractivity contribution in [1.29, 1.82) is 0 Å². The van der Waals surface area contributed by atoms with Gasteiger partial charge in [-0.1, -0.05) is 12.1 Å². The number of hydrogen-bond donors (Lipinski definition) is 1. The van der Waals surface area contributed by atoms with Gasteiger partial charge in [-0.25, -0.2) is 5.43 Å². The SMILES string of the molecule is COc1ccc(CC(=O)N/N=C(\C)c2ccc3c(c2)OCO3)cc1. The van der Waals surface area contributed by atoms with Gasteiger partial charge in [0.2, 0.25) is 12.7 Å². The summed E-state index contributed by atoms with van der Waals surface area (Å²) in [7, 11) is 1.61. The predicted molar refractivity (Wildman–Crippen MR) is 89.6 cm³/mol. The molecule has 24 heavy (non-hydrogen) atoms. The number of ether oxygens (including phenoxy) is 3. The number of rotatable bonds is 5. The fraction of sp³-hybridized carbons (Fsp3) is 0.222. The lowest BCUT2D eigenvalue weighted by atomic mass is 10.1. The number of amides is 1. The molecule has 1 aliphatic heterocycles. The van der Waals surface area contributed by atoms with Crippen molar-refractivity contribution in [3.8, 4) is 17.2 Å². The largest absolute Gasteiger partial charge is 0.497 e. The van der Waals surface area contributed by atoms with Crippen LogP contribution in [0.4, 0.5) is 0 Å². The lowest BCUT2D eigenvalue weighted by molar-refractivity contribution is -0.120. The second-order valence-electron chi connectivity index (χ2n) is 5.33. The van der Waals surface area contributed by atoms with Crippen molar-refractivity contribution in [1.82, 2.24) is 5.43 Å². The minimum atomic E-state index is -0.180. The van der Waals surface area contributed by atoms with Crippen LogP contribution in [-0.2, 0) is 11.2 Å². The van der Waals surface area contributed by atoms with Crippen LogP contribution < -0.4 is 19.6 Å². The number of nitrogens with one attached hydrogen (secondary N) is 1. The van der Waals surface area contributed by atoms with Crippen molar-refractivity contribution in [3.63, 3.8) is 0 Å². The Morgan fingerprint density at radius 2 is 1.92 bits per heavy atom. The highest BCUT2D eigenvalue weighted by atomic mass is 16.7. The minimum absolute atomic E-state index is 0.180. The van der Waals surface area contributed by atoms with E-state index in [9.17, 15) is 4.79 Å². The molecule has 0 unspecified atom stereocenters. The van der Waals surface area contributed by atoms with Crippen molar-refractivity contribution in [2.24, 2.45) is 5.10 Å². The molecular formula is C18H18N2O4. The first-order valence-corrected chi connectivity index (χ1v) is 7.52. The van der Waals surface area contributed by atoms with Crippen LogP contribution >= 0.6 is 0 Å². The highest BCUT2D eigenvalue weighted by Gasteiger charge is 2.14. The molecule has 0 fully saturated rings. The van der Waals surface area contributed by atoms with Crippen LogP contribution in [0.25, 0.3) is 0 Å². The van der Waals surface area contributed by atoms with Crippen LogP contribution in [-0.4, -0.2) is 25.5 Å². The summed E-state index contributed by atoms with van der Waals surface area (Å²) in [5.41, 5.74) is 5.02. The van der Waals surface area contributed by atoms with E-state index in [0.29, 0.717) is 11.5 Å². The van der Waals surface area contributed by atoms with E-state index in [2.05, 4.69) is 10.5 Å². The zero-order chi connectivity index (χ0) is 16.9. The van der Waals surface area contributed by atoms with Gasteiger partial charge < -0.3 is 14.2 Å². The Hall–Kier alpha value is -3.02. The summed E-state index contributed by atoms with van der Waals surface area (Å²) in [5, 5.41) is 4.15. The molecule has 1 aliphatic rings. The first kappa shape index (κ1) is 15.9. The summed E-state index contributed by atoms with van der Waals surface area (Å²) in [4.78, 5) is 12.0. The van der Waals surface area contributed by atoms with Crippen LogP contribution in [0.1, 0.15) is 18.1 Å². The van der Waals surface area contributed by atoms with Gasteiger partial charge in [0.05, 0.1) is 19.2 Å². The van der Waals surface area contributed by atoms with Crippen molar-refractivity contribution in [2.75, 3.05) is 13.9 Å². The summed E-state index contributed by atoms with van der Waals surface area (Å²) >= 11 is 0. The van der Waals surface area contributed by atoms with E-state index in [4.69, 9.17) is 14.2 Å². The van der Waals surface area contributed by atoms with E-state index in [1.165, 1.54) is 0 Å². The van der Waals surface area contributed by atoms with E-state index in [1.54, 1.807) is 7.11 Å². The summed E-state index contributed by atoms with van der Waals surface area (Å²) in [6.45, 7) is 2.05. The third kappa shape index (κ3) is 3.65. The Bertz CT molecular complexity index is 769. The van der Waals surface area contributed by atoms with Crippen LogP contribution in [0.3, 0.4) is 0 Å². The van der Waals surface area contributed by atoms with Gasteiger partial charge in [-0.3, -0.25) is 4.79 Å². The molecule has 1 heterocycles. The van der Waals surface area contributed by atoms with Crippen molar-refractivity contribution < 1.29 is 19.0 Å². The molecule has 1 amide bonds. The highest BCUT2D eigenvalue weighted by molar-refractivity contribution is 5.99. The predicted octanol–water partition coefficient (Wildman–Crippen LogP) is 2.51. The van der Waals surface area contributed by atoms with Gasteiger partial charge in [0.15, 0.2) is 11.5 Å². The second-order valence-corrected chi connectivity index (χ2v) is 5.33. The average Bonchev–Trinajstić information content (AvgIpc) is 3.08. The van der Waals surface area contributed by atoms with Crippen LogP contribution in [0, 0.1) is 0 Å². The minimum Gasteiger partial charge on any atom is -0.497 e. The maximum Gasteiger partial charge on any atom is 0.244 e. The fourth-order valence-corrected chi connectivity index (χ4v) is 2.30. The summed E-state index contributed by atoms with van der Waals surface area (Å²) in [6, 6.07) is 12.9. The zero-order valence-electron chi connectivity index (χ0n) is 13.5. The molecule has 0 radical (unpaired) electrons. The monoisotopic (exact) mass is 326 g/mol. The van der Waals surface area contributed by atoms with E-state index in [1.807, 2.05) is 49.4 Å². The van der Waals surface area contributed by atoms with Gasteiger partial charge in [0, 0.05) is 5.56 Å². The molecule has 2 aromatic carbocycles. The molecule has 3 rings (SSSR count). The Kier molecular flexibility index (Phi) is 4.65. The number of hydrazone groups is 1.